The number of rotatable bonds is 1. The second kappa shape index (κ2) is 2.81. The Hall–Kier alpha value is -1.43. The molecule has 2 heterocycles. The first kappa shape index (κ1) is 8.18. The Kier molecular flexibility index (Phi) is 1.77. The highest BCUT2D eigenvalue weighted by Gasteiger charge is 2.13. The average Bonchev–Trinajstić information content (AvgIpc) is 2.49. The lowest BCUT2D eigenvalue weighted by molar-refractivity contribution is 0.0664. The summed E-state index contributed by atoms with van der Waals surface area (Å²) in [5, 5.41) is 9.17. The van der Waals surface area contributed by atoms with Crippen molar-refractivity contribution >= 4 is 33.0 Å². The number of nitrogens with zero attached hydrogens (tertiary/aromatic N) is 2. The number of carboxylic acid groups (broad SMARTS) is 1. The molecule has 5 nitrogen and oxygen atoms in total. The molecule has 0 atom stereocenters. The molecule has 0 aliphatic heterocycles. The van der Waals surface area contributed by atoms with Crippen LogP contribution in [0.15, 0.2) is 21.4 Å². The first-order chi connectivity index (χ1) is 6.18. The van der Waals surface area contributed by atoms with Crippen molar-refractivity contribution in [3.8, 4) is 0 Å². The number of halogens is 1. The largest absolute Gasteiger partial charge is 0.475 e. The van der Waals surface area contributed by atoms with Crippen LogP contribution in [0.4, 0.5) is 0 Å². The van der Waals surface area contributed by atoms with Crippen LogP contribution in [-0.4, -0.2) is 21.0 Å². The van der Waals surface area contributed by atoms with Crippen LogP contribution in [0.2, 0.25) is 0 Å². The molecule has 13 heavy (non-hydrogen) atoms. The van der Waals surface area contributed by atoms with Crippen LogP contribution in [0.25, 0.3) is 11.1 Å². The Balaban J connectivity index is 2.75. The molecule has 0 fully saturated rings. The summed E-state index contributed by atoms with van der Waals surface area (Å²) in [6.07, 6.45) is 1.29. The van der Waals surface area contributed by atoms with Gasteiger partial charge in [0.2, 0.25) is 11.5 Å². The van der Waals surface area contributed by atoms with E-state index in [-0.39, 0.29) is 11.5 Å². The van der Waals surface area contributed by atoms with Gasteiger partial charge in [0.15, 0.2) is 0 Å². The highest BCUT2D eigenvalue weighted by molar-refractivity contribution is 9.10. The minimum atomic E-state index is -1.12. The SMILES string of the molecule is O=C(O)c1cc2c(Br)ncnc2o1. The summed E-state index contributed by atoms with van der Waals surface area (Å²) in [5.74, 6) is -1.26. The van der Waals surface area contributed by atoms with Crippen molar-refractivity contribution in [2.45, 2.75) is 0 Å². The van der Waals surface area contributed by atoms with Gasteiger partial charge in [-0.25, -0.2) is 14.8 Å². The van der Waals surface area contributed by atoms with Crippen LogP contribution in [0, 0.1) is 0 Å². The lowest BCUT2D eigenvalue weighted by Gasteiger charge is -1.86. The topological polar surface area (TPSA) is 76.2 Å². The summed E-state index contributed by atoms with van der Waals surface area (Å²) in [4.78, 5) is 18.1. The van der Waals surface area contributed by atoms with Crippen LogP contribution in [0.5, 0.6) is 0 Å². The van der Waals surface area contributed by atoms with E-state index in [1.54, 1.807) is 0 Å². The maximum absolute atomic E-state index is 10.5. The normalized spacial score (nSPS) is 10.5. The third kappa shape index (κ3) is 1.29. The van der Waals surface area contributed by atoms with E-state index in [9.17, 15) is 4.79 Å². The van der Waals surface area contributed by atoms with Crippen LogP contribution in [0.1, 0.15) is 10.6 Å². The molecular weight excluding hydrogens is 240 g/mol. The van der Waals surface area contributed by atoms with Gasteiger partial charge in [-0.1, -0.05) is 0 Å². The molecule has 0 aliphatic carbocycles. The Bertz CT molecular complexity index is 480. The zero-order chi connectivity index (χ0) is 9.42. The Morgan fingerprint density at radius 3 is 2.92 bits per heavy atom. The number of aromatic carboxylic acids is 1. The van der Waals surface area contributed by atoms with E-state index in [0.29, 0.717) is 9.99 Å². The van der Waals surface area contributed by atoms with E-state index in [2.05, 4.69) is 25.9 Å². The van der Waals surface area contributed by atoms with Crippen LogP contribution >= 0.6 is 15.9 Å². The van der Waals surface area contributed by atoms with Gasteiger partial charge < -0.3 is 9.52 Å². The summed E-state index contributed by atoms with van der Waals surface area (Å²) < 4.78 is 5.45. The van der Waals surface area contributed by atoms with Crippen molar-refractivity contribution in [3.63, 3.8) is 0 Å². The third-order valence-electron chi connectivity index (χ3n) is 1.49. The van der Waals surface area contributed by atoms with E-state index in [4.69, 9.17) is 9.52 Å². The zero-order valence-corrected chi connectivity index (χ0v) is 7.78. The fourth-order valence-electron chi connectivity index (χ4n) is 0.932. The minimum Gasteiger partial charge on any atom is -0.475 e. The van der Waals surface area contributed by atoms with E-state index in [0.717, 1.165) is 0 Å². The van der Waals surface area contributed by atoms with Gasteiger partial charge in [-0.05, 0) is 15.9 Å². The second-order valence-electron chi connectivity index (χ2n) is 2.30. The maximum atomic E-state index is 10.5. The molecule has 0 amide bonds. The molecule has 0 radical (unpaired) electrons. The molecule has 6 heteroatoms. The van der Waals surface area contributed by atoms with Gasteiger partial charge in [0.1, 0.15) is 10.9 Å². The Labute approximate surface area is 80.5 Å². The molecule has 0 bridgehead atoms. The predicted octanol–water partition coefficient (Wildman–Crippen LogP) is 1.68. The van der Waals surface area contributed by atoms with Crippen molar-refractivity contribution < 1.29 is 14.3 Å². The number of aromatic nitrogens is 2. The van der Waals surface area contributed by atoms with E-state index in [1.165, 1.54) is 12.4 Å². The number of furan rings is 1. The Morgan fingerprint density at radius 1 is 1.54 bits per heavy atom. The molecule has 0 saturated heterocycles. The summed E-state index contributed by atoms with van der Waals surface area (Å²) in [6, 6.07) is 1.38. The van der Waals surface area contributed by atoms with Crippen molar-refractivity contribution in [1.29, 1.82) is 0 Å². The summed E-state index contributed by atoms with van der Waals surface area (Å²) >= 11 is 3.16. The maximum Gasteiger partial charge on any atom is 0.371 e. The van der Waals surface area contributed by atoms with Crippen molar-refractivity contribution in [2.24, 2.45) is 0 Å². The summed E-state index contributed by atoms with van der Waals surface area (Å²) in [6.45, 7) is 0. The van der Waals surface area contributed by atoms with Crippen LogP contribution in [-0.2, 0) is 0 Å². The Morgan fingerprint density at radius 2 is 2.31 bits per heavy atom. The van der Waals surface area contributed by atoms with Gasteiger partial charge in [-0.15, -0.1) is 0 Å². The highest BCUT2D eigenvalue weighted by Crippen LogP contribution is 2.22. The number of hydrogen-bond acceptors (Lipinski definition) is 4. The standard InChI is InChI=1S/C7H3BrN2O3/c8-5-3-1-4(7(11)12)13-6(3)10-2-9-5/h1-2H,(H,11,12). The van der Waals surface area contributed by atoms with Crippen LogP contribution in [0.3, 0.4) is 0 Å². The molecule has 1 N–H and O–H groups in total. The van der Waals surface area contributed by atoms with Gasteiger partial charge in [0.25, 0.3) is 0 Å². The molecule has 0 aromatic carbocycles. The molecule has 0 saturated carbocycles. The lowest BCUT2D eigenvalue weighted by Crippen LogP contribution is -1.91. The zero-order valence-electron chi connectivity index (χ0n) is 6.19. The lowest BCUT2D eigenvalue weighted by atomic mass is 10.4. The number of hydrogen-bond donors (Lipinski definition) is 1. The summed E-state index contributed by atoms with van der Waals surface area (Å²) in [5.41, 5.74) is 0.263. The van der Waals surface area contributed by atoms with Crippen LogP contribution < -0.4 is 0 Å². The highest BCUT2D eigenvalue weighted by atomic mass is 79.9. The number of fused-ring (bicyclic) bond motifs is 1. The molecule has 2 rings (SSSR count). The fourth-order valence-corrected chi connectivity index (χ4v) is 1.31. The first-order valence-electron chi connectivity index (χ1n) is 3.32. The van der Waals surface area contributed by atoms with Gasteiger partial charge in [0.05, 0.1) is 5.39 Å². The molecular formula is C7H3BrN2O3. The fraction of sp³-hybridized carbons (Fsp3) is 0. The average molecular weight is 243 g/mol. The molecule has 2 aromatic rings. The molecule has 2 aromatic heterocycles. The van der Waals surface area contributed by atoms with Gasteiger partial charge in [-0.3, -0.25) is 0 Å². The van der Waals surface area contributed by atoms with E-state index in [1.807, 2.05) is 0 Å². The first-order valence-corrected chi connectivity index (χ1v) is 4.11. The van der Waals surface area contributed by atoms with Crippen molar-refractivity contribution in [2.75, 3.05) is 0 Å². The number of carbonyl (C=O) groups is 1. The quantitative estimate of drug-likeness (QED) is 0.771. The smallest absolute Gasteiger partial charge is 0.371 e. The predicted molar refractivity (Wildman–Crippen MR) is 46.5 cm³/mol. The van der Waals surface area contributed by atoms with Gasteiger partial charge in [0, 0.05) is 6.07 Å². The molecule has 0 unspecified atom stereocenters. The van der Waals surface area contributed by atoms with Gasteiger partial charge >= 0.3 is 5.97 Å². The van der Waals surface area contributed by atoms with Crippen molar-refractivity contribution in [3.05, 3.63) is 22.8 Å². The molecule has 0 spiro atoms. The van der Waals surface area contributed by atoms with E-state index >= 15 is 0 Å². The van der Waals surface area contributed by atoms with Crippen molar-refractivity contribution in [1.82, 2.24) is 9.97 Å². The van der Waals surface area contributed by atoms with Gasteiger partial charge in [-0.2, -0.15) is 0 Å². The second-order valence-corrected chi connectivity index (χ2v) is 3.05. The van der Waals surface area contributed by atoms with E-state index < -0.39 is 5.97 Å². The third-order valence-corrected chi connectivity index (χ3v) is 2.12. The minimum absolute atomic E-state index is 0.142. The number of carboxylic acids is 1. The molecule has 66 valence electrons. The summed E-state index contributed by atoms with van der Waals surface area (Å²) in [7, 11) is 0. The monoisotopic (exact) mass is 242 g/mol. The molecule has 0 aliphatic rings.